The Labute approximate surface area is 67.9 Å². The second kappa shape index (κ2) is 2.20. The first-order valence-corrected chi connectivity index (χ1v) is 4.35. The zero-order chi connectivity index (χ0) is 7.95. The van der Waals surface area contributed by atoms with Crippen LogP contribution in [0.4, 0.5) is 0 Å². The van der Waals surface area contributed by atoms with Crippen LogP contribution >= 0.6 is 0 Å². The highest BCUT2D eigenvalue weighted by Crippen LogP contribution is 2.53. The van der Waals surface area contributed by atoms with Crippen LogP contribution in [0.25, 0.3) is 0 Å². The molecular weight excluding hydrogens is 140 g/mol. The number of rotatable bonds is 2. The fourth-order valence-corrected chi connectivity index (χ4v) is 2.65. The van der Waals surface area contributed by atoms with Crippen LogP contribution in [-0.2, 0) is 9.47 Å². The van der Waals surface area contributed by atoms with Gasteiger partial charge in [0, 0.05) is 20.6 Å². The summed E-state index contributed by atoms with van der Waals surface area (Å²) in [6.45, 7) is 0. The Hall–Kier alpha value is -0.0800. The van der Waals surface area contributed by atoms with Crippen LogP contribution in [0.1, 0.15) is 32.1 Å². The summed E-state index contributed by atoms with van der Waals surface area (Å²) in [5.41, 5.74) is 0.381. The van der Waals surface area contributed by atoms with E-state index in [1.807, 2.05) is 14.2 Å². The van der Waals surface area contributed by atoms with Gasteiger partial charge < -0.3 is 9.47 Å². The Kier molecular flexibility index (Phi) is 1.52. The molecule has 0 aromatic heterocycles. The Morgan fingerprint density at radius 3 is 1.36 bits per heavy atom. The van der Waals surface area contributed by atoms with Crippen LogP contribution in [0.3, 0.4) is 0 Å². The molecular formula is C9H16O2. The summed E-state index contributed by atoms with van der Waals surface area (Å²) in [6.07, 6.45) is 5.89. The first kappa shape index (κ1) is 7.56. The Balaban J connectivity index is 2.15. The molecule has 2 nitrogen and oxygen atoms in total. The molecule has 0 aromatic carbocycles. The minimum Gasteiger partial charge on any atom is -0.378 e. The smallest absolute Gasteiger partial charge is 0.0708 e. The molecule has 0 heterocycles. The van der Waals surface area contributed by atoms with Gasteiger partial charge in [0.1, 0.15) is 0 Å². The summed E-state index contributed by atoms with van der Waals surface area (Å²) in [7, 11) is 3.66. The maximum absolute atomic E-state index is 5.54. The number of hydrogen-bond acceptors (Lipinski definition) is 2. The molecule has 11 heavy (non-hydrogen) atoms. The molecule has 0 aromatic rings. The van der Waals surface area contributed by atoms with Crippen molar-refractivity contribution >= 4 is 0 Å². The molecule has 2 heteroatoms. The number of ether oxygens (including phenoxy) is 2. The second-order valence-electron chi connectivity index (χ2n) is 3.95. The molecule has 2 saturated carbocycles. The quantitative estimate of drug-likeness (QED) is 0.606. The van der Waals surface area contributed by atoms with Crippen LogP contribution in [0.5, 0.6) is 0 Å². The zero-order valence-corrected chi connectivity index (χ0v) is 7.35. The van der Waals surface area contributed by atoms with Gasteiger partial charge in [0.15, 0.2) is 0 Å². The van der Waals surface area contributed by atoms with E-state index < -0.39 is 0 Å². The maximum atomic E-state index is 5.54. The van der Waals surface area contributed by atoms with E-state index >= 15 is 0 Å². The van der Waals surface area contributed by atoms with E-state index in [9.17, 15) is 0 Å². The number of hydrogen-bond donors (Lipinski definition) is 0. The van der Waals surface area contributed by atoms with Crippen molar-refractivity contribution in [3.63, 3.8) is 0 Å². The predicted molar refractivity (Wildman–Crippen MR) is 42.6 cm³/mol. The van der Waals surface area contributed by atoms with Crippen LogP contribution in [0.2, 0.25) is 0 Å². The lowest BCUT2D eigenvalue weighted by molar-refractivity contribution is -0.00550. The highest BCUT2D eigenvalue weighted by atomic mass is 16.5. The number of fused-ring (bicyclic) bond motifs is 2. The lowest BCUT2D eigenvalue weighted by Gasteiger charge is -2.25. The van der Waals surface area contributed by atoms with Crippen molar-refractivity contribution in [1.29, 1.82) is 0 Å². The van der Waals surface area contributed by atoms with Gasteiger partial charge >= 0.3 is 0 Å². The van der Waals surface area contributed by atoms with Crippen molar-refractivity contribution in [1.82, 2.24) is 0 Å². The van der Waals surface area contributed by atoms with E-state index in [0.717, 1.165) is 6.42 Å². The predicted octanol–water partition coefficient (Wildman–Crippen LogP) is 1.73. The Bertz CT molecular complexity index is 139. The van der Waals surface area contributed by atoms with Gasteiger partial charge in [0.25, 0.3) is 0 Å². The van der Waals surface area contributed by atoms with Gasteiger partial charge in [0.2, 0.25) is 0 Å². The van der Waals surface area contributed by atoms with Gasteiger partial charge in [-0.2, -0.15) is 0 Å². The number of methoxy groups -OCH3 is 2. The van der Waals surface area contributed by atoms with Crippen LogP contribution in [0, 0.1) is 0 Å². The van der Waals surface area contributed by atoms with Crippen molar-refractivity contribution in [3.8, 4) is 0 Å². The molecule has 0 atom stereocenters. The summed E-state index contributed by atoms with van der Waals surface area (Å²) in [5.74, 6) is 0. The van der Waals surface area contributed by atoms with E-state index in [-0.39, 0.29) is 11.2 Å². The molecule has 0 N–H and O–H groups in total. The minimum absolute atomic E-state index is 0.190. The fraction of sp³-hybridized carbons (Fsp3) is 1.00. The summed E-state index contributed by atoms with van der Waals surface area (Å²) < 4.78 is 11.1. The molecule has 0 unspecified atom stereocenters. The van der Waals surface area contributed by atoms with Gasteiger partial charge in [0.05, 0.1) is 11.2 Å². The molecule has 0 radical (unpaired) electrons. The largest absolute Gasteiger partial charge is 0.378 e. The van der Waals surface area contributed by atoms with Gasteiger partial charge in [-0.25, -0.2) is 0 Å². The van der Waals surface area contributed by atoms with Crippen LogP contribution in [0.15, 0.2) is 0 Å². The summed E-state index contributed by atoms with van der Waals surface area (Å²) in [4.78, 5) is 0. The summed E-state index contributed by atoms with van der Waals surface area (Å²) in [6, 6.07) is 0. The van der Waals surface area contributed by atoms with Crippen molar-refractivity contribution in [3.05, 3.63) is 0 Å². The minimum atomic E-state index is 0.190. The monoisotopic (exact) mass is 156 g/mol. The molecule has 0 aliphatic heterocycles. The van der Waals surface area contributed by atoms with E-state index in [0.29, 0.717) is 0 Å². The first-order valence-electron chi connectivity index (χ1n) is 4.35. The van der Waals surface area contributed by atoms with E-state index in [1.165, 1.54) is 25.7 Å². The first-order chi connectivity index (χ1) is 5.24. The Morgan fingerprint density at radius 1 is 0.818 bits per heavy atom. The van der Waals surface area contributed by atoms with Gasteiger partial charge in [-0.15, -0.1) is 0 Å². The SMILES string of the molecule is COC12CCC(OC)(CC1)C2. The molecule has 2 aliphatic carbocycles. The van der Waals surface area contributed by atoms with Gasteiger partial charge in [-0.3, -0.25) is 0 Å². The molecule has 0 amide bonds. The Morgan fingerprint density at radius 2 is 1.18 bits per heavy atom. The molecule has 2 fully saturated rings. The summed E-state index contributed by atoms with van der Waals surface area (Å²) in [5, 5.41) is 0. The molecule has 2 rings (SSSR count). The average Bonchev–Trinajstić information content (AvgIpc) is 2.61. The van der Waals surface area contributed by atoms with E-state index in [1.54, 1.807) is 0 Å². The van der Waals surface area contributed by atoms with Crippen molar-refractivity contribution in [2.45, 2.75) is 43.3 Å². The van der Waals surface area contributed by atoms with E-state index in [4.69, 9.17) is 9.47 Å². The second-order valence-corrected chi connectivity index (χ2v) is 3.95. The normalized spacial score (nSPS) is 48.5. The molecule has 0 saturated heterocycles. The lowest BCUT2D eigenvalue weighted by Crippen LogP contribution is -2.24. The van der Waals surface area contributed by atoms with E-state index in [2.05, 4.69) is 0 Å². The highest BCUT2D eigenvalue weighted by molar-refractivity contribution is 5.07. The van der Waals surface area contributed by atoms with Crippen molar-refractivity contribution in [2.24, 2.45) is 0 Å². The lowest BCUT2D eigenvalue weighted by atomic mass is 9.95. The zero-order valence-electron chi connectivity index (χ0n) is 7.35. The molecule has 2 aliphatic rings. The van der Waals surface area contributed by atoms with Crippen LogP contribution < -0.4 is 0 Å². The van der Waals surface area contributed by atoms with Gasteiger partial charge in [-0.05, 0) is 25.7 Å². The maximum Gasteiger partial charge on any atom is 0.0708 e. The van der Waals surface area contributed by atoms with Crippen molar-refractivity contribution in [2.75, 3.05) is 14.2 Å². The third kappa shape index (κ3) is 0.926. The fourth-order valence-electron chi connectivity index (χ4n) is 2.65. The average molecular weight is 156 g/mol. The third-order valence-corrected chi connectivity index (χ3v) is 3.58. The molecule has 64 valence electrons. The van der Waals surface area contributed by atoms with Crippen LogP contribution in [-0.4, -0.2) is 25.4 Å². The standard InChI is InChI=1S/C9H16O2/c1-10-8-3-5-9(7-8,11-2)6-4-8/h3-7H2,1-2H3. The van der Waals surface area contributed by atoms with Crippen molar-refractivity contribution < 1.29 is 9.47 Å². The van der Waals surface area contributed by atoms with Gasteiger partial charge in [-0.1, -0.05) is 0 Å². The topological polar surface area (TPSA) is 18.5 Å². The third-order valence-electron chi connectivity index (χ3n) is 3.58. The highest BCUT2D eigenvalue weighted by Gasteiger charge is 2.54. The molecule has 2 bridgehead atoms. The summed E-state index contributed by atoms with van der Waals surface area (Å²) >= 11 is 0. The molecule has 0 spiro atoms.